The zero-order chi connectivity index (χ0) is 16.3. The number of ether oxygens (including phenoxy) is 1. The normalized spacial score (nSPS) is 10.5. The Kier molecular flexibility index (Phi) is 6.14. The van der Waals surface area contributed by atoms with Gasteiger partial charge in [-0.1, -0.05) is 35.3 Å². The summed E-state index contributed by atoms with van der Waals surface area (Å²) >= 11 is 19.3. The van der Waals surface area contributed by atoms with Crippen molar-refractivity contribution in [3.63, 3.8) is 0 Å². The standard InChI is InChI=1S/C14H9Cl3INO3/c15-6-5-9(20)22-8-4-2-1-3-7(8)13(21)12-11(18)10(16)14(17)19-12/h1-4,19H,5-6H2. The molecule has 0 radical (unpaired) electrons. The maximum Gasteiger partial charge on any atom is 0.312 e. The molecule has 0 bridgehead atoms. The first-order valence-corrected chi connectivity index (χ1v) is 8.45. The molecule has 4 nitrogen and oxygen atoms in total. The summed E-state index contributed by atoms with van der Waals surface area (Å²) in [5, 5.41) is 0.466. The van der Waals surface area contributed by atoms with Crippen LogP contribution in [0.15, 0.2) is 24.3 Å². The summed E-state index contributed by atoms with van der Waals surface area (Å²) in [6.45, 7) is 0. The highest BCUT2D eigenvalue weighted by atomic mass is 127. The molecule has 1 heterocycles. The quantitative estimate of drug-likeness (QED) is 0.226. The van der Waals surface area contributed by atoms with E-state index in [-0.39, 0.29) is 45.3 Å². The van der Waals surface area contributed by atoms with E-state index in [9.17, 15) is 9.59 Å². The van der Waals surface area contributed by atoms with E-state index in [0.29, 0.717) is 3.57 Å². The summed E-state index contributed by atoms with van der Waals surface area (Å²) in [5.41, 5.74) is 0.481. The number of hydrogen-bond acceptors (Lipinski definition) is 3. The fourth-order valence-electron chi connectivity index (χ4n) is 1.71. The van der Waals surface area contributed by atoms with Crippen molar-refractivity contribution >= 4 is 69.1 Å². The van der Waals surface area contributed by atoms with Crippen LogP contribution in [-0.2, 0) is 4.79 Å². The van der Waals surface area contributed by atoms with Gasteiger partial charge in [0.15, 0.2) is 0 Å². The van der Waals surface area contributed by atoms with Crippen molar-refractivity contribution in [1.29, 1.82) is 0 Å². The second-order valence-corrected chi connectivity index (χ2v) is 6.39. The van der Waals surface area contributed by atoms with Crippen molar-refractivity contribution in [2.45, 2.75) is 6.42 Å². The summed E-state index contributed by atoms with van der Waals surface area (Å²) in [4.78, 5) is 26.9. The van der Waals surface area contributed by atoms with Crippen LogP contribution in [0.5, 0.6) is 5.75 Å². The fraction of sp³-hybridized carbons (Fsp3) is 0.143. The molecule has 1 N–H and O–H groups in total. The lowest BCUT2D eigenvalue weighted by Gasteiger charge is -2.08. The first-order chi connectivity index (χ1) is 10.5. The zero-order valence-electron chi connectivity index (χ0n) is 11.0. The molecule has 8 heteroatoms. The highest BCUT2D eigenvalue weighted by Crippen LogP contribution is 2.32. The van der Waals surface area contributed by atoms with E-state index >= 15 is 0 Å². The summed E-state index contributed by atoms with van der Waals surface area (Å²) < 4.78 is 5.69. The number of nitrogens with one attached hydrogen (secondary N) is 1. The predicted molar refractivity (Wildman–Crippen MR) is 94.4 cm³/mol. The van der Waals surface area contributed by atoms with Gasteiger partial charge in [-0.3, -0.25) is 9.59 Å². The van der Waals surface area contributed by atoms with Crippen LogP contribution in [-0.4, -0.2) is 22.6 Å². The first-order valence-electron chi connectivity index (χ1n) is 6.08. The van der Waals surface area contributed by atoms with Crippen molar-refractivity contribution in [3.05, 3.63) is 49.3 Å². The number of hydrogen-bond donors (Lipinski definition) is 1. The average Bonchev–Trinajstić information content (AvgIpc) is 2.75. The molecule has 22 heavy (non-hydrogen) atoms. The number of alkyl halides is 1. The van der Waals surface area contributed by atoms with E-state index in [1.54, 1.807) is 24.3 Å². The molecule has 0 saturated heterocycles. The molecule has 0 aliphatic heterocycles. The number of carbonyl (C=O) groups excluding carboxylic acids is 2. The van der Waals surface area contributed by atoms with E-state index in [1.165, 1.54) is 0 Å². The van der Waals surface area contributed by atoms with E-state index in [4.69, 9.17) is 39.5 Å². The van der Waals surface area contributed by atoms with Gasteiger partial charge in [-0.2, -0.15) is 0 Å². The van der Waals surface area contributed by atoms with Crippen LogP contribution >= 0.6 is 57.4 Å². The smallest absolute Gasteiger partial charge is 0.312 e. The van der Waals surface area contributed by atoms with Gasteiger partial charge < -0.3 is 9.72 Å². The molecule has 116 valence electrons. The van der Waals surface area contributed by atoms with E-state index in [1.807, 2.05) is 22.6 Å². The maximum absolute atomic E-state index is 12.6. The monoisotopic (exact) mass is 471 g/mol. The van der Waals surface area contributed by atoms with Crippen LogP contribution in [0.3, 0.4) is 0 Å². The molecule has 1 aromatic carbocycles. The molecule has 0 atom stereocenters. The fourth-order valence-corrected chi connectivity index (χ4v) is 3.00. The van der Waals surface area contributed by atoms with Gasteiger partial charge in [0.1, 0.15) is 16.6 Å². The molecule has 0 aliphatic carbocycles. The van der Waals surface area contributed by atoms with Gasteiger partial charge in [0.05, 0.1) is 20.6 Å². The second kappa shape index (κ2) is 7.68. The topological polar surface area (TPSA) is 59.2 Å². The minimum Gasteiger partial charge on any atom is -0.426 e. The van der Waals surface area contributed by atoms with Crippen LogP contribution in [0.25, 0.3) is 0 Å². The predicted octanol–water partition coefficient (Wildman–Crippen LogP) is 4.69. The lowest BCUT2D eigenvalue weighted by molar-refractivity contribution is -0.133. The molecule has 0 amide bonds. The summed E-state index contributed by atoms with van der Waals surface area (Å²) in [6.07, 6.45) is 0.0573. The highest BCUT2D eigenvalue weighted by Gasteiger charge is 2.23. The third-order valence-electron chi connectivity index (χ3n) is 2.72. The molecule has 0 saturated carbocycles. The van der Waals surface area contributed by atoms with Gasteiger partial charge in [-0.25, -0.2) is 0 Å². The molecule has 1 aromatic heterocycles. The van der Waals surface area contributed by atoms with Crippen molar-refractivity contribution in [2.24, 2.45) is 0 Å². The average molecular weight is 472 g/mol. The number of halogens is 4. The van der Waals surface area contributed by atoms with Gasteiger partial charge in [0, 0.05) is 5.88 Å². The number of carbonyl (C=O) groups is 2. The van der Waals surface area contributed by atoms with Crippen molar-refractivity contribution in [1.82, 2.24) is 4.98 Å². The minimum absolute atomic E-state index is 0.0573. The Morgan fingerprint density at radius 3 is 2.50 bits per heavy atom. The number of aromatic nitrogens is 1. The highest BCUT2D eigenvalue weighted by molar-refractivity contribution is 14.1. The van der Waals surface area contributed by atoms with Gasteiger partial charge in [0.25, 0.3) is 0 Å². The van der Waals surface area contributed by atoms with Crippen molar-refractivity contribution < 1.29 is 14.3 Å². The van der Waals surface area contributed by atoms with Crippen LogP contribution < -0.4 is 4.74 Å². The minimum atomic E-state index is -0.507. The van der Waals surface area contributed by atoms with Gasteiger partial charge >= 0.3 is 5.97 Å². The van der Waals surface area contributed by atoms with E-state index in [0.717, 1.165) is 0 Å². The van der Waals surface area contributed by atoms with Crippen molar-refractivity contribution in [2.75, 3.05) is 5.88 Å². The van der Waals surface area contributed by atoms with Gasteiger partial charge in [-0.15, -0.1) is 11.6 Å². The molecule has 0 unspecified atom stereocenters. The number of benzene rings is 1. The number of esters is 1. The number of aromatic amines is 1. The summed E-state index contributed by atoms with van der Waals surface area (Å²) in [6, 6.07) is 6.44. The molecule has 2 rings (SSSR count). The Bertz CT molecular complexity index is 730. The first kappa shape index (κ1) is 17.6. The van der Waals surface area contributed by atoms with E-state index in [2.05, 4.69) is 4.98 Å². The largest absolute Gasteiger partial charge is 0.426 e. The van der Waals surface area contributed by atoms with Crippen LogP contribution in [0.2, 0.25) is 10.2 Å². The van der Waals surface area contributed by atoms with Crippen LogP contribution in [0.4, 0.5) is 0 Å². The molecular formula is C14H9Cl3INO3. The Morgan fingerprint density at radius 1 is 1.23 bits per heavy atom. The molecule has 0 spiro atoms. The van der Waals surface area contributed by atoms with Crippen LogP contribution in [0, 0.1) is 3.57 Å². The van der Waals surface area contributed by atoms with Crippen LogP contribution in [0.1, 0.15) is 22.5 Å². The molecule has 2 aromatic rings. The number of ketones is 1. The Balaban J connectivity index is 2.38. The third kappa shape index (κ3) is 3.76. The second-order valence-electron chi connectivity index (χ2n) is 4.18. The maximum atomic E-state index is 12.6. The lowest BCUT2D eigenvalue weighted by atomic mass is 10.1. The molecular weight excluding hydrogens is 463 g/mol. The lowest BCUT2D eigenvalue weighted by Crippen LogP contribution is -2.12. The Hall–Kier alpha value is -0.760. The van der Waals surface area contributed by atoms with Gasteiger partial charge in [-0.05, 0) is 34.7 Å². The molecule has 0 aliphatic rings. The number of rotatable bonds is 5. The Labute approximate surface area is 155 Å². The summed E-state index contributed by atoms with van der Waals surface area (Å²) in [7, 11) is 0. The Morgan fingerprint density at radius 2 is 1.91 bits per heavy atom. The number of para-hydroxylation sites is 1. The zero-order valence-corrected chi connectivity index (χ0v) is 15.4. The van der Waals surface area contributed by atoms with Crippen molar-refractivity contribution in [3.8, 4) is 5.75 Å². The third-order valence-corrected chi connectivity index (χ3v) is 5.07. The SMILES string of the molecule is O=C(CCCl)Oc1ccccc1C(=O)c1[nH]c(Cl)c(Cl)c1I. The summed E-state index contributed by atoms with van der Waals surface area (Å²) in [5.74, 6) is -0.561. The molecule has 0 fully saturated rings. The number of H-pyrrole nitrogens is 1. The van der Waals surface area contributed by atoms with Gasteiger partial charge in [0.2, 0.25) is 5.78 Å². The van der Waals surface area contributed by atoms with E-state index < -0.39 is 5.97 Å².